The van der Waals surface area contributed by atoms with E-state index in [9.17, 15) is 9.59 Å². The summed E-state index contributed by atoms with van der Waals surface area (Å²) in [5.41, 5.74) is 1.93. The Morgan fingerprint density at radius 3 is 2.93 bits per heavy atom. The molecule has 1 fully saturated rings. The van der Waals surface area contributed by atoms with E-state index in [0.29, 0.717) is 42.6 Å². The fraction of sp³-hybridized carbons (Fsp3) is 0.455. The number of nitrogens with one attached hydrogen (secondary N) is 1. The number of piperidine rings is 1. The highest BCUT2D eigenvalue weighted by atomic mass is 16.5. The van der Waals surface area contributed by atoms with E-state index in [2.05, 4.69) is 15.2 Å². The number of hydrogen-bond acceptors (Lipinski definition) is 5. The van der Waals surface area contributed by atoms with Gasteiger partial charge in [-0.25, -0.2) is 14.5 Å². The predicted octanol–water partition coefficient (Wildman–Crippen LogP) is 2.20. The van der Waals surface area contributed by atoms with Gasteiger partial charge in [0.2, 0.25) is 11.7 Å². The van der Waals surface area contributed by atoms with Crippen molar-refractivity contribution in [3.05, 3.63) is 57.3 Å². The number of carbonyl (C=O) groups excluding carboxylic acids is 1. The van der Waals surface area contributed by atoms with Crippen molar-refractivity contribution in [2.45, 2.75) is 40.0 Å². The van der Waals surface area contributed by atoms with Gasteiger partial charge in [0.25, 0.3) is 5.56 Å². The van der Waals surface area contributed by atoms with E-state index in [1.807, 2.05) is 36.1 Å². The molecule has 158 valence electrons. The van der Waals surface area contributed by atoms with Crippen LogP contribution in [0.5, 0.6) is 5.75 Å². The third kappa shape index (κ3) is 4.08. The summed E-state index contributed by atoms with van der Waals surface area (Å²) in [6.07, 6.45) is 2.01. The molecule has 0 radical (unpaired) electrons. The van der Waals surface area contributed by atoms with Crippen LogP contribution in [0.2, 0.25) is 0 Å². The van der Waals surface area contributed by atoms with Gasteiger partial charge in [0.15, 0.2) is 0 Å². The number of H-pyrrole nitrogens is 1. The molecule has 1 aliphatic rings. The maximum Gasteiger partial charge on any atom is 0.264 e. The number of aromatic nitrogens is 4. The van der Waals surface area contributed by atoms with Crippen LogP contribution in [0.1, 0.15) is 35.5 Å². The van der Waals surface area contributed by atoms with Crippen molar-refractivity contribution in [2.24, 2.45) is 5.92 Å². The molecule has 1 N–H and O–H groups in total. The number of hydrogen-bond donors (Lipinski definition) is 1. The van der Waals surface area contributed by atoms with Crippen LogP contribution in [-0.2, 0) is 11.2 Å². The van der Waals surface area contributed by atoms with Gasteiger partial charge in [-0.15, -0.1) is 0 Å². The van der Waals surface area contributed by atoms with Crippen LogP contribution >= 0.6 is 0 Å². The molecule has 4 rings (SSSR count). The highest BCUT2D eigenvalue weighted by Gasteiger charge is 2.26. The Labute approximate surface area is 174 Å². The van der Waals surface area contributed by atoms with Gasteiger partial charge in [0, 0.05) is 24.6 Å². The quantitative estimate of drug-likeness (QED) is 0.697. The molecule has 2 aromatic heterocycles. The molecule has 0 saturated carbocycles. The van der Waals surface area contributed by atoms with Gasteiger partial charge >= 0.3 is 0 Å². The van der Waals surface area contributed by atoms with Crippen LogP contribution in [0.15, 0.2) is 29.1 Å². The second-order valence-corrected chi connectivity index (χ2v) is 8.06. The fourth-order valence-corrected chi connectivity index (χ4v) is 4.03. The standard InChI is InChI=1S/C22H27N5O3/c1-14-6-4-8-18(10-14)30-13-17-7-5-9-26(12-17)20(28)11-19-15(2)23-22-25-24-16(3)27(22)21(19)29/h4,6,8,10,17H,5,7,9,11-13H2,1-3H3,(H,23,25). The first-order chi connectivity index (χ1) is 14.4. The molecule has 1 atom stereocenters. The zero-order chi connectivity index (χ0) is 21.3. The minimum absolute atomic E-state index is 0.0432. The summed E-state index contributed by atoms with van der Waals surface area (Å²) in [4.78, 5) is 32.1. The molecule has 8 heteroatoms. The van der Waals surface area contributed by atoms with Crippen molar-refractivity contribution in [1.82, 2.24) is 24.5 Å². The molecule has 1 unspecified atom stereocenters. The number of ether oxygens (including phenoxy) is 1. The van der Waals surface area contributed by atoms with Gasteiger partial charge in [-0.2, -0.15) is 5.10 Å². The van der Waals surface area contributed by atoms with E-state index in [0.717, 1.165) is 24.2 Å². The van der Waals surface area contributed by atoms with Gasteiger partial charge in [0.1, 0.15) is 11.6 Å². The lowest BCUT2D eigenvalue weighted by molar-refractivity contribution is -0.132. The summed E-state index contributed by atoms with van der Waals surface area (Å²) < 4.78 is 7.37. The topological polar surface area (TPSA) is 92.6 Å². The van der Waals surface area contributed by atoms with E-state index >= 15 is 0 Å². The first kappa shape index (κ1) is 20.1. The van der Waals surface area contributed by atoms with E-state index in [-0.39, 0.29) is 23.8 Å². The smallest absolute Gasteiger partial charge is 0.264 e. The van der Waals surface area contributed by atoms with E-state index in [4.69, 9.17) is 4.74 Å². The van der Waals surface area contributed by atoms with Gasteiger partial charge in [-0.3, -0.25) is 9.59 Å². The zero-order valence-corrected chi connectivity index (χ0v) is 17.6. The third-order valence-electron chi connectivity index (χ3n) is 5.70. The molecule has 0 aliphatic carbocycles. The molecule has 1 aromatic carbocycles. The van der Waals surface area contributed by atoms with Crippen LogP contribution in [0.4, 0.5) is 0 Å². The lowest BCUT2D eigenvalue weighted by Crippen LogP contribution is -2.43. The van der Waals surface area contributed by atoms with Crippen molar-refractivity contribution in [3.63, 3.8) is 0 Å². The number of nitrogens with zero attached hydrogens (tertiary/aromatic N) is 4. The summed E-state index contributed by atoms with van der Waals surface area (Å²) in [5.74, 6) is 2.03. The summed E-state index contributed by atoms with van der Waals surface area (Å²) >= 11 is 0. The zero-order valence-electron chi connectivity index (χ0n) is 17.6. The first-order valence-electron chi connectivity index (χ1n) is 10.3. The second kappa shape index (κ2) is 8.30. The van der Waals surface area contributed by atoms with Crippen LogP contribution in [0, 0.1) is 26.7 Å². The largest absolute Gasteiger partial charge is 0.493 e. The Bertz CT molecular complexity index is 1130. The molecular formula is C22H27N5O3. The van der Waals surface area contributed by atoms with Gasteiger partial charge in [-0.1, -0.05) is 12.1 Å². The predicted molar refractivity (Wildman–Crippen MR) is 113 cm³/mol. The molecule has 1 saturated heterocycles. The molecule has 1 amide bonds. The van der Waals surface area contributed by atoms with Gasteiger partial charge < -0.3 is 9.64 Å². The average Bonchev–Trinajstić information content (AvgIpc) is 3.10. The minimum atomic E-state index is -0.228. The number of rotatable bonds is 5. The first-order valence-corrected chi connectivity index (χ1v) is 10.3. The highest BCUT2D eigenvalue weighted by Crippen LogP contribution is 2.20. The maximum atomic E-state index is 13.0. The third-order valence-corrected chi connectivity index (χ3v) is 5.70. The number of carbonyl (C=O) groups is 1. The maximum absolute atomic E-state index is 13.0. The Morgan fingerprint density at radius 2 is 2.13 bits per heavy atom. The van der Waals surface area contributed by atoms with Crippen LogP contribution in [-0.4, -0.2) is 50.1 Å². The Balaban J connectivity index is 1.43. The van der Waals surface area contributed by atoms with Crippen LogP contribution < -0.4 is 10.3 Å². The van der Waals surface area contributed by atoms with Crippen molar-refractivity contribution in [1.29, 1.82) is 0 Å². The summed E-state index contributed by atoms with van der Waals surface area (Å²) in [6.45, 7) is 7.46. The molecular weight excluding hydrogens is 382 g/mol. The van der Waals surface area contributed by atoms with E-state index in [1.165, 1.54) is 4.40 Å². The molecule has 0 spiro atoms. The molecule has 3 heterocycles. The monoisotopic (exact) mass is 409 g/mol. The van der Waals surface area contributed by atoms with Crippen molar-refractivity contribution >= 4 is 11.7 Å². The Hall–Kier alpha value is -3.16. The SMILES string of the molecule is Cc1cccc(OCC2CCCN(C(=O)Cc3c(C)nc4[nH]nc(C)n4c3=O)C2)c1. The fourth-order valence-electron chi connectivity index (χ4n) is 4.03. The number of fused-ring (bicyclic) bond motifs is 1. The van der Waals surface area contributed by atoms with Crippen molar-refractivity contribution in [3.8, 4) is 5.75 Å². The van der Waals surface area contributed by atoms with Crippen LogP contribution in [0.3, 0.4) is 0 Å². The van der Waals surface area contributed by atoms with Crippen LogP contribution in [0.25, 0.3) is 5.78 Å². The number of benzene rings is 1. The lowest BCUT2D eigenvalue weighted by atomic mass is 9.98. The Morgan fingerprint density at radius 1 is 1.30 bits per heavy atom. The minimum Gasteiger partial charge on any atom is -0.493 e. The summed E-state index contributed by atoms with van der Waals surface area (Å²) in [7, 11) is 0. The summed E-state index contributed by atoms with van der Waals surface area (Å²) in [5, 5.41) is 6.78. The van der Waals surface area contributed by atoms with Gasteiger partial charge in [0.05, 0.1) is 18.7 Å². The molecule has 8 nitrogen and oxygen atoms in total. The number of amides is 1. The van der Waals surface area contributed by atoms with E-state index in [1.54, 1.807) is 13.8 Å². The highest BCUT2D eigenvalue weighted by molar-refractivity contribution is 5.79. The average molecular weight is 409 g/mol. The molecule has 1 aliphatic heterocycles. The molecule has 3 aromatic rings. The molecule has 0 bridgehead atoms. The second-order valence-electron chi connectivity index (χ2n) is 8.06. The Kier molecular flexibility index (Phi) is 5.57. The molecule has 30 heavy (non-hydrogen) atoms. The number of aromatic amines is 1. The number of aryl methyl sites for hydroxylation is 3. The lowest BCUT2D eigenvalue weighted by Gasteiger charge is -2.32. The van der Waals surface area contributed by atoms with Gasteiger partial charge in [-0.05, 0) is 51.3 Å². The van der Waals surface area contributed by atoms with Crippen molar-refractivity contribution in [2.75, 3.05) is 19.7 Å². The number of likely N-dealkylation sites (tertiary alicyclic amines) is 1. The van der Waals surface area contributed by atoms with Crippen molar-refractivity contribution < 1.29 is 9.53 Å². The summed E-state index contributed by atoms with van der Waals surface area (Å²) in [6, 6.07) is 7.99. The normalized spacial score (nSPS) is 16.8. The van der Waals surface area contributed by atoms with E-state index < -0.39 is 0 Å².